The summed E-state index contributed by atoms with van der Waals surface area (Å²) >= 11 is 3.44. The molecule has 0 N–H and O–H groups in total. The fraction of sp³-hybridized carbons (Fsp3) is 0.263. The van der Waals surface area contributed by atoms with Crippen molar-refractivity contribution in [2.24, 2.45) is 0 Å². The highest BCUT2D eigenvalue weighted by Crippen LogP contribution is 2.55. The number of likely N-dealkylation sites (N-methyl/N-ethyl adjacent to an activating group) is 1. The molecule has 0 fully saturated rings. The zero-order valence-corrected chi connectivity index (χ0v) is 15.7. The summed E-state index contributed by atoms with van der Waals surface area (Å²) in [7, 11) is 2.02. The summed E-state index contributed by atoms with van der Waals surface area (Å²) in [5.74, 6) is 0.626. The molecule has 2 aliphatic heterocycles. The predicted molar refractivity (Wildman–Crippen MR) is 101 cm³/mol. The number of halogens is 1. The van der Waals surface area contributed by atoms with Gasteiger partial charge in [0, 0.05) is 30.4 Å². The molecular weight excluding hydrogens is 384 g/mol. The Hall–Kier alpha value is -2.34. The lowest BCUT2D eigenvalue weighted by molar-refractivity contribution is -0.385. The van der Waals surface area contributed by atoms with Gasteiger partial charge in [-0.3, -0.25) is 10.1 Å². The van der Waals surface area contributed by atoms with E-state index in [0.29, 0.717) is 15.8 Å². The minimum absolute atomic E-state index is 0.0390. The van der Waals surface area contributed by atoms with Crippen LogP contribution < -0.4 is 9.64 Å². The first kappa shape index (κ1) is 16.1. The SMILES string of the molecule is CN1c2ccccc2C(C)(C)[C@@]12C=Cc1cc([N+](=O)[O-])cc(Br)c1O2. The van der Waals surface area contributed by atoms with Gasteiger partial charge in [0.05, 0.1) is 14.8 Å². The number of hydrogen-bond acceptors (Lipinski definition) is 4. The van der Waals surface area contributed by atoms with Crippen molar-refractivity contribution in [1.82, 2.24) is 0 Å². The molecule has 0 radical (unpaired) electrons. The first-order valence-electron chi connectivity index (χ1n) is 7.97. The van der Waals surface area contributed by atoms with Gasteiger partial charge >= 0.3 is 0 Å². The average molecular weight is 401 g/mol. The Kier molecular flexibility index (Phi) is 3.28. The van der Waals surface area contributed by atoms with E-state index in [1.807, 2.05) is 31.3 Å². The molecule has 0 unspecified atom stereocenters. The second-order valence-corrected chi connectivity index (χ2v) is 7.79. The number of ether oxygens (including phenoxy) is 1. The average Bonchev–Trinajstić information content (AvgIpc) is 2.75. The Morgan fingerprint density at radius 2 is 1.96 bits per heavy atom. The van der Waals surface area contributed by atoms with E-state index in [0.717, 1.165) is 5.69 Å². The second kappa shape index (κ2) is 5.08. The van der Waals surface area contributed by atoms with E-state index in [1.165, 1.54) is 11.6 Å². The molecule has 0 amide bonds. The summed E-state index contributed by atoms with van der Waals surface area (Å²) in [6.07, 6.45) is 3.92. The third kappa shape index (κ3) is 2.00. The highest BCUT2D eigenvalue weighted by molar-refractivity contribution is 9.10. The van der Waals surface area contributed by atoms with E-state index in [1.54, 1.807) is 6.07 Å². The number of fused-ring (bicyclic) bond motifs is 2. The maximum absolute atomic E-state index is 11.1. The quantitative estimate of drug-likeness (QED) is 0.505. The molecule has 4 rings (SSSR count). The van der Waals surface area contributed by atoms with Gasteiger partial charge in [0.15, 0.2) is 0 Å². The molecule has 1 atom stereocenters. The van der Waals surface area contributed by atoms with Crippen LogP contribution in [0.25, 0.3) is 6.08 Å². The van der Waals surface area contributed by atoms with Crippen molar-refractivity contribution >= 4 is 33.4 Å². The number of hydrogen-bond donors (Lipinski definition) is 0. The van der Waals surface area contributed by atoms with Crippen LogP contribution in [0.2, 0.25) is 0 Å². The molecule has 1 spiro atoms. The van der Waals surface area contributed by atoms with E-state index in [4.69, 9.17) is 4.74 Å². The van der Waals surface area contributed by atoms with Crippen LogP contribution in [0.5, 0.6) is 5.75 Å². The Morgan fingerprint density at radius 3 is 2.64 bits per heavy atom. The standard InChI is InChI=1S/C19H17BrN2O3/c1-18(2)14-6-4-5-7-16(14)21(3)19(18)9-8-12-10-13(22(23)24)11-15(20)17(12)25-19/h4-11H,1-3H3/t19-/m0/s1. The molecule has 2 aliphatic rings. The van der Waals surface area contributed by atoms with Crippen molar-refractivity contribution in [2.75, 3.05) is 11.9 Å². The van der Waals surface area contributed by atoms with Crippen LogP contribution in [0.4, 0.5) is 11.4 Å². The van der Waals surface area contributed by atoms with Crippen molar-refractivity contribution < 1.29 is 9.66 Å². The Labute approximate surface area is 154 Å². The topological polar surface area (TPSA) is 55.6 Å². The van der Waals surface area contributed by atoms with E-state index >= 15 is 0 Å². The van der Waals surface area contributed by atoms with Crippen LogP contribution in [-0.2, 0) is 5.41 Å². The zero-order valence-electron chi connectivity index (χ0n) is 14.1. The molecule has 0 aliphatic carbocycles. The molecule has 0 saturated carbocycles. The normalized spacial score (nSPS) is 22.5. The number of nitro groups is 1. The van der Waals surface area contributed by atoms with Crippen LogP contribution in [-0.4, -0.2) is 17.7 Å². The number of nitro benzene ring substituents is 1. The summed E-state index contributed by atoms with van der Waals surface area (Å²) in [6, 6.07) is 11.3. The maximum atomic E-state index is 11.1. The Morgan fingerprint density at radius 1 is 1.24 bits per heavy atom. The van der Waals surface area contributed by atoms with Gasteiger partial charge in [0.2, 0.25) is 5.72 Å². The summed E-state index contributed by atoms with van der Waals surface area (Å²) < 4.78 is 7.11. The molecule has 25 heavy (non-hydrogen) atoms. The van der Waals surface area contributed by atoms with Crippen molar-refractivity contribution in [3.8, 4) is 5.75 Å². The smallest absolute Gasteiger partial charge is 0.271 e. The minimum Gasteiger partial charge on any atom is -0.462 e. The Bertz CT molecular complexity index is 938. The fourth-order valence-electron chi connectivity index (χ4n) is 3.93. The number of para-hydroxylation sites is 1. The third-order valence-electron chi connectivity index (χ3n) is 5.35. The number of nitrogens with zero attached hydrogens (tertiary/aromatic N) is 2. The summed E-state index contributed by atoms with van der Waals surface area (Å²) in [6.45, 7) is 4.31. The molecule has 5 nitrogen and oxygen atoms in total. The van der Waals surface area contributed by atoms with Gasteiger partial charge in [-0.1, -0.05) is 18.2 Å². The zero-order chi connectivity index (χ0) is 18.0. The highest BCUT2D eigenvalue weighted by atomic mass is 79.9. The molecule has 0 saturated heterocycles. The molecule has 0 aromatic heterocycles. The van der Waals surface area contributed by atoms with E-state index in [2.05, 4.69) is 46.8 Å². The molecule has 0 bridgehead atoms. The van der Waals surface area contributed by atoms with E-state index in [-0.39, 0.29) is 11.1 Å². The monoisotopic (exact) mass is 400 g/mol. The highest BCUT2D eigenvalue weighted by Gasteiger charge is 2.57. The Balaban J connectivity index is 1.88. The predicted octanol–water partition coefficient (Wildman–Crippen LogP) is 4.89. The number of benzene rings is 2. The van der Waals surface area contributed by atoms with Gasteiger partial charge in [-0.15, -0.1) is 0 Å². The largest absolute Gasteiger partial charge is 0.462 e. The molecule has 2 heterocycles. The summed E-state index contributed by atoms with van der Waals surface area (Å²) in [5, 5.41) is 11.1. The molecular formula is C19H17BrN2O3. The summed E-state index contributed by atoms with van der Waals surface area (Å²) in [4.78, 5) is 12.8. The second-order valence-electron chi connectivity index (χ2n) is 6.94. The van der Waals surface area contributed by atoms with Crippen LogP contribution in [0.15, 0.2) is 46.9 Å². The van der Waals surface area contributed by atoms with Gasteiger partial charge in [0.1, 0.15) is 5.75 Å². The van der Waals surface area contributed by atoms with Crippen molar-refractivity contribution in [3.63, 3.8) is 0 Å². The van der Waals surface area contributed by atoms with Gasteiger partial charge in [-0.25, -0.2) is 0 Å². The van der Waals surface area contributed by atoms with Crippen LogP contribution in [0.3, 0.4) is 0 Å². The molecule has 2 aromatic carbocycles. The lowest BCUT2D eigenvalue weighted by Gasteiger charge is -2.46. The van der Waals surface area contributed by atoms with Gasteiger partial charge in [-0.2, -0.15) is 0 Å². The number of non-ortho nitro benzene ring substituents is 1. The molecule has 6 heteroatoms. The summed E-state index contributed by atoms with van der Waals surface area (Å²) in [5.41, 5.74) is 2.09. The van der Waals surface area contributed by atoms with Crippen molar-refractivity contribution in [3.05, 3.63) is 68.2 Å². The minimum atomic E-state index is -0.692. The number of rotatable bonds is 1. The van der Waals surface area contributed by atoms with Crippen molar-refractivity contribution in [1.29, 1.82) is 0 Å². The van der Waals surface area contributed by atoms with Crippen LogP contribution >= 0.6 is 15.9 Å². The molecule has 2 aromatic rings. The maximum Gasteiger partial charge on any atom is 0.271 e. The van der Waals surface area contributed by atoms with Gasteiger partial charge in [0.25, 0.3) is 5.69 Å². The molecule has 128 valence electrons. The van der Waals surface area contributed by atoms with E-state index < -0.39 is 10.6 Å². The lowest BCUT2D eigenvalue weighted by Crippen LogP contribution is -2.58. The van der Waals surface area contributed by atoms with Crippen molar-refractivity contribution in [2.45, 2.75) is 25.0 Å². The van der Waals surface area contributed by atoms with Gasteiger partial charge in [-0.05, 0) is 53.6 Å². The fourth-order valence-corrected chi connectivity index (χ4v) is 4.48. The van der Waals surface area contributed by atoms with Crippen LogP contribution in [0, 0.1) is 10.1 Å². The third-order valence-corrected chi connectivity index (χ3v) is 5.94. The van der Waals surface area contributed by atoms with Crippen LogP contribution in [0.1, 0.15) is 25.0 Å². The number of anilines is 1. The first-order chi connectivity index (χ1) is 11.8. The first-order valence-corrected chi connectivity index (χ1v) is 8.77. The lowest BCUT2D eigenvalue weighted by atomic mass is 9.76. The van der Waals surface area contributed by atoms with Gasteiger partial charge < -0.3 is 9.64 Å². The van der Waals surface area contributed by atoms with E-state index in [9.17, 15) is 10.1 Å².